The molecule has 1 atom stereocenters. The number of carbonyl (C=O) groups is 1. The molecule has 1 heterocycles. The number of benzene rings is 2. The zero-order valence-corrected chi connectivity index (χ0v) is 14.4. The van der Waals surface area contributed by atoms with E-state index in [1.807, 2.05) is 53.1 Å². The molecule has 0 fully saturated rings. The van der Waals surface area contributed by atoms with Gasteiger partial charge >= 0.3 is 6.03 Å². The summed E-state index contributed by atoms with van der Waals surface area (Å²) in [5.41, 5.74) is 3.07. The maximum absolute atomic E-state index is 12.9. The summed E-state index contributed by atoms with van der Waals surface area (Å²) in [5, 5.41) is 3.54. The Morgan fingerprint density at radius 3 is 2.70 bits per heavy atom. The van der Waals surface area contributed by atoms with Crippen LogP contribution in [0.2, 0.25) is 0 Å². The fraction of sp³-hybridized carbons (Fsp3) is 0.316. The van der Waals surface area contributed by atoms with Gasteiger partial charge in [-0.25, -0.2) is 4.79 Å². The molecule has 2 amide bonds. The number of carbonyl (C=O) groups excluding carboxylic acids is 1. The van der Waals surface area contributed by atoms with E-state index in [0.717, 1.165) is 36.3 Å². The summed E-state index contributed by atoms with van der Waals surface area (Å²) in [6, 6.07) is 16.1. The number of hydrogen-bond donors (Lipinski definition) is 1. The normalized spacial score (nSPS) is 16.8. The van der Waals surface area contributed by atoms with Gasteiger partial charge in [0.15, 0.2) is 0 Å². The fourth-order valence-electron chi connectivity index (χ4n) is 2.84. The van der Waals surface area contributed by atoms with E-state index in [9.17, 15) is 4.79 Å². The van der Waals surface area contributed by atoms with Gasteiger partial charge in [0, 0.05) is 22.4 Å². The molecule has 2 aromatic rings. The van der Waals surface area contributed by atoms with Gasteiger partial charge in [0.1, 0.15) is 0 Å². The fourth-order valence-corrected chi connectivity index (χ4v) is 4.04. The van der Waals surface area contributed by atoms with Crippen LogP contribution in [-0.4, -0.2) is 17.8 Å². The highest BCUT2D eigenvalue weighted by Crippen LogP contribution is 2.39. The van der Waals surface area contributed by atoms with Gasteiger partial charge in [-0.05, 0) is 36.6 Å². The second-order valence-electron chi connectivity index (χ2n) is 5.67. The number of fused-ring (bicyclic) bond motifs is 1. The van der Waals surface area contributed by atoms with Crippen molar-refractivity contribution in [2.45, 2.75) is 36.8 Å². The van der Waals surface area contributed by atoms with E-state index in [1.165, 1.54) is 4.90 Å². The minimum Gasteiger partial charge on any atom is -0.307 e. The Bertz CT molecular complexity index is 701. The van der Waals surface area contributed by atoms with E-state index in [0.29, 0.717) is 5.25 Å². The lowest BCUT2D eigenvalue weighted by atomic mass is 10.1. The molecule has 4 heteroatoms. The number of amides is 2. The molecule has 3 nitrogen and oxygen atoms in total. The van der Waals surface area contributed by atoms with Crippen molar-refractivity contribution in [3.8, 4) is 0 Å². The van der Waals surface area contributed by atoms with Gasteiger partial charge in [0.05, 0.1) is 5.69 Å². The molecule has 0 aromatic heterocycles. The number of urea groups is 1. The van der Waals surface area contributed by atoms with Gasteiger partial charge in [-0.3, -0.25) is 4.90 Å². The van der Waals surface area contributed by atoms with Crippen molar-refractivity contribution in [3.05, 3.63) is 54.1 Å². The molecule has 1 unspecified atom stereocenters. The highest BCUT2D eigenvalue weighted by molar-refractivity contribution is 8.00. The molecule has 1 aliphatic heterocycles. The Labute approximate surface area is 142 Å². The third-order valence-electron chi connectivity index (χ3n) is 4.18. The lowest BCUT2D eigenvalue weighted by Crippen LogP contribution is -2.42. The molecule has 1 N–H and O–H groups in total. The van der Waals surface area contributed by atoms with Crippen molar-refractivity contribution in [2.24, 2.45) is 0 Å². The number of thioether (sulfide) groups is 1. The minimum atomic E-state index is -0.0444. The predicted octanol–water partition coefficient (Wildman–Crippen LogP) is 5.17. The first-order chi connectivity index (χ1) is 11.2. The molecule has 3 rings (SSSR count). The molecule has 1 aliphatic rings. The standard InChI is InChI=1S/C19H22N2OS/c1-3-14-9-5-6-10-16(14)20-19(22)21-13-15(4-2)23-18-12-8-7-11-17(18)21/h5-12,15H,3-4,13H2,1-2H3,(H,20,22). The third-order valence-corrected chi connectivity index (χ3v) is 5.59. The average Bonchev–Trinajstić information content (AvgIpc) is 2.61. The molecular weight excluding hydrogens is 304 g/mol. The van der Waals surface area contributed by atoms with Crippen molar-refractivity contribution < 1.29 is 4.79 Å². The monoisotopic (exact) mass is 326 g/mol. The molecule has 0 spiro atoms. The Balaban J connectivity index is 1.87. The van der Waals surface area contributed by atoms with Crippen LogP contribution in [0.25, 0.3) is 0 Å². The first kappa shape index (κ1) is 15.9. The van der Waals surface area contributed by atoms with Crippen LogP contribution in [0.3, 0.4) is 0 Å². The number of nitrogens with zero attached hydrogens (tertiary/aromatic N) is 1. The first-order valence-electron chi connectivity index (χ1n) is 8.15. The maximum Gasteiger partial charge on any atom is 0.326 e. The summed E-state index contributed by atoms with van der Waals surface area (Å²) in [4.78, 5) is 15.9. The van der Waals surface area contributed by atoms with Crippen molar-refractivity contribution in [3.63, 3.8) is 0 Å². The van der Waals surface area contributed by atoms with E-state index in [1.54, 1.807) is 0 Å². The third kappa shape index (κ3) is 3.37. The maximum atomic E-state index is 12.9. The predicted molar refractivity (Wildman–Crippen MR) is 98.6 cm³/mol. The number of anilines is 2. The summed E-state index contributed by atoms with van der Waals surface area (Å²) in [5.74, 6) is 0. The van der Waals surface area contributed by atoms with Gasteiger partial charge < -0.3 is 5.32 Å². The average molecular weight is 326 g/mol. The number of para-hydroxylation sites is 2. The smallest absolute Gasteiger partial charge is 0.307 e. The second kappa shape index (κ2) is 7.09. The largest absolute Gasteiger partial charge is 0.326 e. The van der Waals surface area contributed by atoms with E-state index in [4.69, 9.17) is 0 Å². The van der Waals surface area contributed by atoms with Gasteiger partial charge in [0.2, 0.25) is 0 Å². The molecule has 0 saturated carbocycles. The minimum absolute atomic E-state index is 0.0444. The Morgan fingerprint density at radius 1 is 1.17 bits per heavy atom. The number of nitrogens with one attached hydrogen (secondary N) is 1. The van der Waals surface area contributed by atoms with E-state index >= 15 is 0 Å². The lowest BCUT2D eigenvalue weighted by Gasteiger charge is -2.33. The summed E-state index contributed by atoms with van der Waals surface area (Å²) in [7, 11) is 0. The highest BCUT2D eigenvalue weighted by atomic mass is 32.2. The van der Waals surface area contributed by atoms with Crippen LogP contribution in [0, 0.1) is 0 Å². The summed E-state index contributed by atoms with van der Waals surface area (Å²) >= 11 is 1.87. The molecule has 0 saturated heterocycles. The molecule has 0 bridgehead atoms. The zero-order valence-electron chi connectivity index (χ0n) is 13.6. The number of aryl methyl sites for hydroxylation is 1. The first-order valence-corrected chi connectivity index (χ1v) is 9.03. The topological polar surface area (TPSA) is 32.3 Å². The molecule has 23 heavy (non-hydrogen) atoms. The van der Waals surface area contributed by atoms with Gasteiger partial charge in [-0.1, -0.05) is 44.2 Å². The molecule has 120 valence electrons. The Kier molecular flexibility index (Phi) is 4.91. The quantitative estimate of drug-likeness (QED) is 0.843. The Hall–Kier alpha value is -1.94. The lowest BCUT2D eigenvalue weighted by molar-refractivity contribution is 0.256. The van der Waals surface area contributed by atoms with Gasteiger partial charge in [-0.15, -0.1) is 11.8 Å². The highest BCUT2D eigenvalue weighted by Gasteiger charge is 2.28. The number of hydrogen-bond acceptors (Lipinski definition) is 2. The van der Waals surface area contributed by atoms with Crippen LogP contribution in [0.5, 0.6) is 0 Å². The molecule has 2 aromatic carbocycles. The van der Waals surface area contributed by atoms with Crippen molar-refractivity contribution in [1.82, 2.24) is 0 Å². The van der Waals surface area contributed by atoms with Crippen LogP contribution < -0.4 is 10.2 Å². The van der Waals surface area contributed by atoms with Crippen LogP contribution in [0.4, 0.5) is 16.2 Å². The van der Waals surface area contributed by atoms with E-state index in [-0.39, 0.29) is 6.03 Å². The summed E-state index contributed by atoms with van der Waals surface area (Å²) in [6.45, 7) is 5.03. The van der Waals surface area contributed by atoms with E-state index < -0.39 is 0 Å². The van der Waals surface area contributed by atoms with Crippen molar-refractivity contribution in [2.75, 3.05) is 16.8 Å². The molecule has 0 aliphatic carbocycles. The van der Waals surface area contributed by atoms with Crippen LogP contribution in [-0.2, 0) is 6.42 Å². The number of rotatable bonds is 3. The van der Waals surface area contributed by atoms with Crippen molar-refractivity contribution in [1.29, 1.82) is 0 Å². The van der Waals surface area contributed by atoms with Crippen molar-refractivity contribution >= 4 is 29.2 Å². The van der Waals surface area contributed by atoms with Crippen LogP contribution in [0.1, 0.15) is 25.8 Å². The van der Waals surface area contributed by atoms with Crippen LogP contribution in [0.15, 0.2) is 53.4 Å². The Morgan fingerprint density at radius 2 is 1.91 bits per heavy atom. The molecular formula is C19H22N2OS. The second-order valence-corrected chi connectivity index (χ2v) is 7.01. The van der Waals surface area contributed by atoms with Crippen LogP contribution >= 0.6 is 11.8 Å². The van der Waals surface area contributed by atoms with Gasteiger partial charge in [-0.2, -0.15) is 0 Å². The summed E-state index contributed by atoms with van der Waals surface area (Å²) < 4.78 is 0. The SMILES string of the molecule is CCc1ccccc1NC(=O)N1CC(CC)Sc2ccccc21. The van der Waals surface area contributed by atoms with E-state index in [2.05, 4.69) is 31.3 Å². The summed E-state index contributed by atoms with van der Waals surface area (Å²) in [6.07, 6.45) is 1.95. The zero-order chi connectivity index (χ0) is 16.2. The van der Waals surface area contributed by atoms with Gasteiger partial charge in [0.25, 0.3) is 0 Å². The molecule has 0 radical (unpaired) electrons.